The number of hydrogen-bond donors (Lipinski definition) is 1. The van der Waals surface area contributed by atoms with Crippen molar-refractivity contribution in [2.24, 2.45) is 0 Å². The molecule has 0 radical (unpaired) electrons. The molecule has 0 heterocycles. The fourth-order valence-corrected chi connectivity index (χ4v) is 2.61. The second kappa shape index (κ2) is 8.22. The minimum absolute atomic E-state index is 0.535. The maximum Gasteiger partial charge on any atom is 0.119 e. The summed E-state index contributed by atoms with van der Waals surface area (Å²) in [7, 11) is 0. The quantitative estimate of drug-likeness (QED) is 0.523. The van der Waals surface area contributed by atoms with Crippen LogP contribution in [-0.2, 0) is 13.2 Å². The van der Waals surface area contributed by atoms with Crippen LogP contribution in [-0.4, -0.2) is 0 Å². The fourth-order valence-electron chi connectivity index (χ4n) is 2.22. The van der Waals surface area contributed by atoms with Gasteiger partial charge in [0.1, 0.15) is 12.4 Å². The van der Waals surface area contributed by atoms with E-state index in [-0.39, 0.29) is 0 Å². The Morgan fingerprint density at radius 3 is 2.08 bits per heavy atom. The van der Waals surface area contributed by atoms with Crippen LogP contribution >= 0.6 is 27.5 Å². The van der Waals surface area contributed by atoms with Crippen molar-refractivity contribution < 1.29 is 4.74 Å². The maximum atomic E-state index is 5.88. The van der Waals surface area contributed by atoms with Crippen LogP contribution in [0.2, 0.25) is 5.02 Å². The molecule has 0 amide bonds. The molecule has 0 saturated heterocycles. The van der Waals surface area contributed by atoms with Gasteiger partial charge in [0, 0.05) is 21.7 Å². The molecule has 1 N–H and O–H groups in total. The van der Waals surface area contributed by atoms with Crippen LogP contribution in [0.25, 0.3) is 0 Å². The van der Waals surface area contributed by atoms with Gasteiger partial charge < -0.3 is 10.1 Å². The first kappa shape index (κ1) is 16.9. The second-order valence-electron chi connectivity index (χ2n) is 5.42. The Labute approximate surface area is 155 Å². The summed E-state index contributed by atoms with van der Waals surface area (Å²) in [6.07, 6.45) is 0. The average Bonchev–Trinajstić information content (AvgIpc) is 2.62. The lowest BCUT2D eigenvalue weighted by molar-refractivity contribution is 0.306. The number of anilines is 1. The number of ether oxygens (including phenoxy) is 1. The maximum absolute atomic E-state index is 5.88. The van der Waals surface area contributed by atoms with Crippen molar-refractivity contribution in [1.82, 2.24) is 0 Å². The molecule has 0 spiro atoms. The van der Waals surface area contributed by atoms with Crippen LogP contribution in [0.3, 0.4) is 0 Å². The first-order chi connectivity index (χ1) is 11.7. The molecule has 0 bridgehead atoms. The Kier molecular flexibility index (Phi) is 5.78. The summed E-state index contributed by atoms with van der Waals surface area (Å²) in [5.74, 6) is 0.859. The third kappa shape index (κ3) is 5.02. The third-order valence-corrected chi connectivity index (χ3v) is 4.36. The zero-order valence-corrected chi connectivity index (χ0v) is 15.3. The number of hydrogen-bond acceptors (Lipinski definition) is 2. The van der Waals surface area contributed by atoms with Crippen molar-refractivity contribution in [2.75, 3.05) is 5.32 Å². The summed E-state index contributed by atoms with van der Waals surface area (Å²) in [4.78, 5) is 0. The predicted molar refractivity (Wildman–Crippen MR) is 104 cm³/mol. The molecule has 24 heavy (non-hydrogen) atoms. The van der Waals surface area contributed by atoms with Crippen LogP contribution in [0.1, 0.15) is 11.1 Å². The van der Waals surface area contributed by atoms with Gasteiger partial charge in [-0.2, -0.15) is 0 Å². The summed E-state index contributed by atoms with van der Waals surface area (Å²) in [5, 5.41) is 4.13. The molecule has 0 aliphatic rings. The van der Waals surface area contributed by atoms with Gasteiger partial charge in [-0.05, 0) is 59.7 Å². The second-order valence-corrected chi connectivity index (χ2v) is 6.77. The van der Waals surface area contributed by atoms with Crippen LogP contribution in [0.4, 0.5) is 5.69 Å². The van der Waals surface area contributed by atoms with Gasteiger partial charge in [-0.25, -0.2) is 0 Å². The van der Waals surface area contributed by atoms with Gasteiger partial charge in [-0.15, -0.1) is 0 Å². The van der Waals surface area contributed by atoms with E-state index in [1.165, 1.54) is 5.56 Å². The monoisotopic (exact) mass is 401 g/mol. The van der Waals surface area contributed by atoms with E-state index in [1.54, 1.807) is 0 Å². The Hall–Kier alpha value is -1.97. The van der Waals surface area contributed by atoms with Crippen molar-refractivity contribution in [3.8, 4) is 5.75 Å². The molecule has 2 nitrogen and oxygen atoms in total. The molecule has 122 valence electrons. The Morgan fingerprint density at radius 1 is 0.792 bits per heavy atom. The van der Waals surface area contributed by atoms with Crippen molar-refractivity contribution in [3.63, 3.8) is 0 Å². The Balaban J connectivity index is 1.51. The lowest BCUT2D eigenvalue weighted by atomic mass is 10.2. The number of halogens is 2. The Bertz CT molecular complexity index is 702. The van der Waals surface area contributed by atoms with Crippen molar-refractivity contribution in [3.05, 3.63) is 93.4 Å². The standard InChI is InChI=1S/C20H17BrClNO/c21-17-5-9-19(10-6-17)23-13-15-3-11-20(12-4-15)24-14-16-1-7-18(22)8-2-16/h1-12,23H,13-14H2. The summed E-state index contributed by atoms with van der Waals surface area (Å²) in [6.45, 7) is 1.31. The molecule has 0 aliphatic carbocycles. The van der Waals surface area contributed by atoms with Crippen LogP contribution < -0.4 is 10.1 Å². The zero-order chi connectivity index (χ0) is 16.8. The van der Waals surface area contributed by atoms with Gasteiger partial charge >= 0.3 is 0 Å². The van der Waals surface area contributed by atoms with E-state index in [2.05, 4.69) is 33.4 Å². The lowest BCUT2D eigenvalue weighted by Gasteiger charge is -2.09. The molecule has 4 heteroatoms. The summed E-state index contributed by atoms with van der Waals surface area (Å²) in [6, 6.07) is 24.0. The van der Waals surface area contributed by atoms with E-state index in [1.807, 2.05) is 60.7 Å². The highest BCUT2D eigenvalue weighted by molar-refractivity contribution is 9.10. The average molecular weight is 403 g/mol. The topological polar surface area (TPSA) is 21.3 Å². The number of rotatable bonds is 6. The largest absolute Gasteiger partial charge is 0.489 e. The van der Waals surface area contributed by atoms with E-state index < -0.39 is 0 Å². The SMILES string of the molecule is Clc1ccc(COc2ccc(CNc3ccc(Br)cc3)cc2)cc1. The molecule has 0 atom stereocenters. The molecular formula is C20H17BrClNO. The summed E-state index contributed by atoms with van der Waals surface area (Å²) in [5.41, 5.74) is 3.40. The minimum atomic E-state index is 0.535. The molecular weight excluding hydrogens is 386 g/mol. The minimum Gasteiger partial charge on any atom is -0.489 e. The van der Waals surface area contributed by atoms with Gasteiger partial charge in [-0.1, -0.05) is 51.8 Å². The van der Waals surface area contributed by atoms with Crippen LogP contribution in [0, 0.1) is 0 Å². The van der Waals surface area contributed by atoms with Gasteiger partial charge in [0.05, 0.1) is 0 Å². The number of benzene rings is 3. The summed E-state index contributed by atoms with van der Waals surface area (Å²) < 4.78 is 6.87. The van der Waals surface area contributed by atoms with E-state index in [9.17, 15) is 0 Å². The normalized spacial score (nSPS) is 10.4. The van der Waals surface area contributed by atoms with Gasteiger partial charge in [0.2, 0.25) is 0 Å². The Morgan fingerprint density at radius 2 is 1.42 bits per heavy atom. The molecule has 0 aromatic heterocycles. The first-order valence-electron chi connectivity index (χ1n) is 7.65. The van der Waals surface area contributed by atoms with Gasteiger partial charge in [0.15, 0.2) is 0 Å². The highest BCUT2D eigenvalue weighted by Crippen LogP contribution is 2.18. The molecule has 0 aliphatic heterocycles. The number of nitrogens with one attached hydrogen (secondary N) is 1. The smallest absolute Gasteiger partial charge is 0.119 e. The van der Waals surface area contributed by atoms with E-state index >= 15 is 0 Å². The molecule has 3 rings (SSSR count). The van der Waals surface area contributed by atoms with Crippen LogP contribution in [0.15, 0.2) is 77.3 Å². The predicted octanol–water partition coefficient (Wildman–Crippen LogP) is 6.29. The van der Waals surface area contributed by atoms with Crippen molar-refractivity contribution in [2.45, 2.75) is 13.2 Å². The van der Waals surface area contributed by atoms with Gasteiger partial charge in [-0.3, -0.25) is 0 Å². The van der Waals surface area contributed by atoms with E-state index in [0.717, 1.165) is 33.0 Å². The fraction of sp³-hybridized carbons (Fsp3) is 0.100. The first-order valence-corrected chi connectivity index (χ1v) is 8.82. The lowest BCUT2D eigenvalue weighted by Crippen LogP contribution is -1.99. The molecule has 3 aromatic carbocycles. The molecule has 0 fully saturated rings. The molecule has 0 saturated carbocycles. The van der Waals surface area contributed by atoms with Crippen molar-refractivity contribution >= 4 is 33.2 Å². The van der Waals surface area contributed by atoms with Gasteiger partial charge in [0.25, 0.3) is 0 Å². The summed E-state index contributed by atoms with van der Waals surface area (Å²) >= 11 is 9.32. The van der Waals surface area contributed by atoms with Crippen LogP contribution in [0.5, 0.6) is 5.75 Å². The highest BCUT2D eigenvalue weighted by atomic mass is 79.9. The van der Waals surface area contributed by atoms with Crippen molar-refractivity contribution in [1.29, 1.82) is 0 Å². The van der Waals surface area contributed by atoms with E-state index in [0.29, 0.717) is 6.61 Å². The third-order valence-electron chi connectivity index (χ3n) is 3.58. The zero-order valence-electron chi connectivity index (χ0n) is 13.0. The molecule has 0 unspecified atom stereocenters. The highest BCUT2D eigenvalue weighted by Gasteiger charge is 1.99. The molecule has 3 aromatic rings. The van der Waals surface area contributed by atoms with E-state index in [4.69, 9.17) is 16.3 Å².